The molecule has 5 nitrogen and oxygen atoms in total. The van der Waals surface area contributed by atoms with Gasteiger partial charge in [0.15, 0.2) is 23.3 Å². The molecule has 0 radical (unpaired) electrons. The Hall–Kier alpha value is -2.78. The van der Waals surface area contributed by atoms with Crippen molar-refractivity contribution in [3.63, 3.8) is 0 Å². The average molecular weight is 305 g/mol. The molecule has 10 heteroatoms. The highest BCUT2D eigenvalue weighted by molar-refractivity contribution is 5.76. The van der Waals surface area contributed by atoms with Gasteiger partial charge in [-0.25, -0.2) is 26.9 Å². The van der Waals surface area contributed by atoms with Crippen LogP contribution in [0.25, 0.3) is 11.1 Å². The molecule has 0 aliphatic carbocycles. The van der Waals surface area contributed by atoms with Crippen LogP contribution in [0.3, 0.4) is 0 Å². The van der Waals surface area contributed by atoms with Gasteiger partial charge >= 0.3 is 0 Å². The molecular weight excluding hydrogens is 301 g/mol. The van der Waals surface area contributed by atoms with E-state index in [2.05, 4.69) is 4.98 Å². The molecule has 1 heterocycles. The lowest BCUT2D eigenvalue weighted by Gasteiger charge is -2.09. The van der Waals surface area contributed by atoms with Gasteiger partial charge in [0, 0.05) is 11.6 Å². The zero-order valence-corrected chi connectivity index (χ0v) is 9.83. The molecule has 0 aliphatic rings. The number of aromatic nitrogens is 1. The zero-order chi connectivity index (χ0) is 15.9. The monoisotopic (exact) mass is 305 g/mol. The molecule has 0 aliphatic heterocycles. The van der Waals surface area contributed by atoms with Crippen LogP contribution in [-0.4, -0.2) is 9.91 Å². The molecule has 2 N–H and O–H groups in total. The zero-order valence-electron chi connectivity index (χ0n) is 9.83. The summed E-state index contributed by atoms with van der Waals surface area (Å²) >= 11 is 0. The maximum absolute atomic E-state index is 13.6. The third kappa shape index (κ3) is 2.24. The molecular formula is C11H4F5N3O2. The van der Waals surface area contributed by atoms with E-state index in [0.29, 0.717) is 12.3 Å². The van der Waals surface area contributed by atoms with Gasteiger partial charge in [-0.2, -0.15) is 0 Å². The van der Waals surface area contributed by atoms with E-state index in [9.17, 15) is 32.1 Å². The predicted octanol–water partition coefficient (Wildman–Crippen LogP) is 2.93. The maximum atomic E-state index is 13.6. The van der Waals surface area contributed by atoms with Gasteiger partial charge in [-0.1, -0.05) is 0 Å². The van der Waals surface area contributed by atoms with Crippen molar-refractivity contribution in [3.8, 4) is 11.1 Å². The second kappa shape index (κ2) is 4.96. The van der Waals surface area contributed by atoms with Gasteiger partial charge in [-0.15, -0.1) is 0 Å². The quantitative estimate of drug-likeness (QED) is 0.304. The molecule has 0 saturated carbocycles. The first-order chi connectivity index (χ1) is 9.75. The number of hydrogen-bond donors (Lipinski definition) is 1. The van der Waals surface area contributed by atoms with Crippen LogP contribution in [-0.2, 0) is 0 Å². The topological polar surface area (TPSA) is 82.0 Å². The van der Waals surface area contributed by atoms with Crippen molar-refractivity contribution >= 4 is 11.5 Å². The Morgan fingerprint density at radius 3 is 1.95 bits per heavy atom. The summed E-state index contributed by atoms with van der Waals surface area (Å²) in [5.74, 6) is -11.6. The molecule has 21 heavy (non-hydrogen) atoms. The Morgan fingerprint density at radius 2 is 1.48 bits per heavy atom. The van der Waals surface area contributed by atoms with Crippen molar-refractivity contribution in [2.45, 2.75) is 0 Å². The molecule has 0 unspecified atom stereocenters. The van der Waals surface area contributed by atoms with Crippen LogP contribution in [0.5, 0.6) is 0 Å². The normalized spacial score (nSPS) is 10.7. The highest BCUT2D eigenvalue weighted by Gasteiger charge is 2.28. The Morgan fingerprint density at radius 1 is 1.00 bits per heavy atom. The molecule has 2 rings (SSSR count). The lowest BCUT2D eigenvalue weighted by molar-refractivity contribution is -0.385. The number of nitrogens with zero attached hydrogens (tertiary/aromatic N) is 2. The molecule has 0 amide bonds. The van der Waals surface area contributed by atoms with Gasteiger partial charge in [-0.05, 0) is 0 Å². The van der Waals surface area contributed by atoms with E-state index in [1.165, 1.54) is 0 Å². The molecule has 2 aromatic rings. The van der Waals surface area contributed by atoms with Gasteiger partial charge in [0.05, 0.1) is 10.5 Å². The number of pyridine rings is 1. The first-order valence-corrected chi connectivity index (χ1v) is 5.17. The number of hydrogen-bond acceptors (Lipinski definition) is 4. The van der Waals surface area contributed by atoms with Crippen LogP contribution in [0.15, 0.2) is 12.3 Å². The summed E-state index contributed by atoms with van der Waals surface area (Å²) in [6.45, 7) is 0. The van der Waals surface area contributed by atoms with E-state index in [-0.39, 0.29) is 0 Å². The fraction of sp³-hybridized carbons (Fsp3) is 0. The summed E-state index contributed by atoms with van der Waals surface area (Å²) in [5.41, 5.74) is 2.43. The number of nitrogens with two attached hydrogens (primary N) is 1. The lowest BCUT2D eigenvalue weighted by atomic mass is 10.0. The van der Waals surface area contributed by atoms with E-state index in [0.717, 1.165) is 0 Å². The van der Waals surface area contributed by atoms with Gasteiger partial charge in [-0.3, -0.25) is 10.1 Å². The SMILES string of the molecule is Nc1ncc([N+](=O)[O-])cc1-c1c(F)c(F)c(F)c(F)c1F. The lowest BCUT2D eigenvalue weighted by Crippen LogP contribution is -2.06. The molecule has 0 saturated heterocycles. The van der Waals surface area contributed by atoms with E-state index >= 15 is 0 Å². The number of benzene rings is 1. The third-order valence-corrected chi connectivity index (χ3v) is 2.59. The molecule has 110 valence electrons. The second-order valence-electron chi connectivity index (χ2n) is 3.83. The number of anilines is 1. The minimum absolute atomic E-state index is 0.570. The number of nitrogen functional groups attached to an aromatic ring is 1. The van der Waals surface area contributed by atoms with E-state index in [1.807, 2.05) is 0 Å². The minimum atomic E-state index is -2.34. The standard InChI is InChI=1S/C11H4F5N3O2/c12-6-5(7(13)9(15)10(16)8(6)14)4-1-3(19(20)21)2-18-11(4)17/h1-2H,(H2,17,18). The van der Waals surface area contributed by atoms with E-state index in [4.69, 9.17) is 5.73 Å². The smallest absolute Gasteiger partial charge is 0.288 e. The summed E-state index contributed by atoms with van der Waals surface area (Å²) in [7, 11) is 0. The van der Waals surface area contributed by atoms with Crippen molar-refractivity contribution in [3.05, 3.63) is 51.5 Å². The largest absolute Gasteiger partial charge is 0.383 e. The van der Waals surface area contributed by atoms with Crippen molar-refractivity contribution in [2.24, 2.45) is 0 Å². The number of rotatable bonds is 2. The molecule has 1 aromatic heterocycles. The second-order valence-corrected chi connectivity index (χ2v) is 3.83. The average Bonchev–Trinajstić information content (AvgIpc) is 2.45. The number of nitro groups is 1. The van der Waals surface area contributed by atoms with Crippen LogP contribution in [0, 0.1) is 39.2 Å². The van der Waals surface area contributed by atoms with Crippen molar-refractivity contribution in [1.29, 1.82) is 0 Å². The highest BCUT2D eigenvalue weighted by atomic mass is 19.2. The van der Waals surface area contributed by atoms with Crippen molar-refractivity contribution in [2.75, 3.05) is 5.73 Å². The molecule has 0 spiro atoms. The van der Waals surface area contributed by atoms with Gasteiger partial charge in [0.2, 0.25) is 5.82 Å². The van der Waals surface area contributed by atoms with Crippen LogP contribution >= 0.6 is 0 Å². The molecule has 1 aromatic carbocycles. The predicted molar refractivity (Wildman–Crippen MR) is 60.5 cm³/mol. The fourth-order valence-electron chi connectivity index (χ4n) is 1.61. The van der Waals surface area contributed by atoms with Crippen molar-refractivity contribution < 1.29 is 26.9 Å². The Bertz CT molecular complexity index is 737. The summed E-state index contributed by atoms with van der Waals surface area (Å²) in [6.07, 6.45) is 0.685. The number of halogens is 5. The molecule has 0 atom stereocenters. The summed E-state index contributed by atoms with van der Waals surface area (Å²) in [5, 5.41) is 10.6. The van der Waals surface area contributed by atoms with E-state index < -0.39 is 56.6 Å². The minimum Gasteiger partial charge on any atom is -0.383 e. The van der Waals surface area contributed by atoms with Gasteiger partial charge in [0.25, 0.3) is 5.69 Å². The Balaban J connectivity index is 2.85. The summed E-state index contributed by atoms with van der Waals surface area (Å²) in [4.78, 5) is 12.9. The van der Waals surface area contributed by atoms with E-state index in [1.54, 1.807) is 0 Å². The summed E-state index contributed by atoms with van der Waals surface area (Å²) < 4.78 is 66.4. The van der Waals surface area contributed by atoms with Crippen LogP contribution in [0.2, 0.25) is 0 Å². The first kappa shape index (κ1) is 14.6. The van der Waals surface area contributed by atoms with Gasteiger partial charge in [0.1, 0.15) is 12.0 Å². The summed E-state index contributed by atoms with van der Waals surface area (Å²) in [6, 6.07) is 0.570. The maximum Gasteiger partial charge on any atom is 0.288 e. The van der Waals surface area contributed by atoms with Crippen LogP contribution < -0.4 is 5.73 Å². The van der Waals surface area contributed by atoms with Crippen molar-refractivity contribution in [1.82, 2.24) is 4.98 Å². The molecule has 0 fully saturated rings. The van der Waals surface area contributed by atoms with Crippen LogP contribution in [0.1, 0.15) is 0 Å². The first-order valence-electron chi connectivity index (χ1n) is 5.17. The third-order valence-electron chi connectivity index (χ3n) is 2.59. The highest BCUT2D eigenvalue weighted by Crippen LogP contribution is 2.35. The van der Waals surface area contributed by atoms with Crippen LogP contribution in [0.4, 0.5) is 33.5 Å². The Kier molecular flexibility index (Phi) is 3.45. The fourth-order valence-corrected chi connectivity index (χ4v) is 1.61. The Labute approximate surface area is 113 Å². The van der Waals surface area contributed by atoms with Gasteiger partial charge < -0.3 is 5.73 Å². The molecule has 0 bridgehead atoms.